The molecule has 0 amide bonds. The third kappa shape index (κ3) is 3.38. The SMILES string of the molecule is O=C(/C=C/c1cccc(Cl)c1)C1N=Nc2ccc(Cl)cc2C1=O. The maximum absolute atomic E-state index is 12.4. The van der Waals surface area contributed by atoms with Crippen molar-refractivity contribution >= 4 is 46.5 Å². The van der Waals surface area contributed by atoms with Gasteiger partial charge in [-0.25, -0.2) is 0 Å². The van der Waals surface area contributed by atoms with Crippen LogP contribution < -0.4 is 0 Å². The van der Waals surface area contributed by atoms with Crippen molar-refractivity contribution in [3.05, 3.63) is 69.7 Å². The largest absolute Gasteiger partial charge is 0.292 e. The van der Waals surface area contributed by atoms with Crippen molar-refractivity contribution in [2.24, 2.45) is 10.2 Å². The first kappa shape index (κ1) is 15.6. The molecule has 1 aliphatic rings. The molecule has 2 aromatic rings. The number of nitrogens with zero attached hydrogens (tertiary/aromatic N) is 2. The first-order valence-corrected chi connectivity index (χ1v) is 7.52. The molecule has 1 aliphatic heterocycles. The van der Waals surface area contributed by atoms with Gasteiger partial charge in [-0.1, -0.05) is 41.4 Å². The van der Waals surface area contributed by atoms with E-state index in [1.165, 1.54) is 12.1 Å². The van der Waals surface area contributed by atoms with Crippen molar-refractivity contribution in [1.82, 2.24) is 0 Å². The number of rotatable bonds is 3. The van der Waals surface area contributed by atoms with Crippen LogP contribution in [0, 0.1) is 0 Å². The first-order chi connectivity index (χ1) is 11.0. The zero-order valence-corrected chi connectivity index (χ0v) is 13.3. The molecule has 0 radical (unpaired) electrons. The number of carbonyl (C=O) groups excluding carboxylic acids is 2. The minimum atomic E-state index is -1.17. The van der Waals surface area contributed by atoms with E-state index in [0.29, 0.717) is 21.3 Å². The Kier molecular flexibility index (Phi) is 4.37. The molecule has 0 N–H and O–H groups in total. The Labute approximate surface area is 142 Å². The number of hydrogen-bond acceptors (Lipinski definition) is 4. The summed E-state index contributed by atoms with van der Waals surface area (Å²) in [4.78, 5) is 24.6. The predicted molar refractivity (Wildman–Crippen MR) is 89.6 cm³/mol. The van der Waals surface area contributed by atoms with Gasteiger partial charge in [0.25, 0.3) is 0 Å². The van der Waals surface area contributed by atoms with Crippen molar-refractivity contribution in [3.8, 4) is 0 Å². The maximum Gasteiger partial charge on any atom is 0.199 e. The van der Waals surface area contributed by atoms with Crippen LogP contribution in [0.2, 0.25) is 10.0 Å². The fourth-order valence-electron chi connectivity index (χ4n) is 2.18. The minimum Gasteiger partial charge on any atom is -0.292 e. The molecule has 3 rings (SSSR count). The first-order valence-electron chi connectivity index (χ1n) is 6.77. The van der Waals surface area contributed by atoms with Gasteiger partial charge in [0.2, 0.25) is 0 Å². The van der Waals surface area contributed by atoms with Gasteiger partial charge in [-0.3, -0.25) is 9.59 Å². The number of ketones is 2. The molecule has 2 aromatic carbocycles. The van der Waals surface area contributed by atoms with Crippen LogP contribution in [-0.4, -0.2) is 17.6 Å². The smallest absolute Gasteiger partial charge is 0.199 e. The van der Waals surface area contributed by atoms with E-state index in [2.05, 4.69) is 10.2 Å². The third-order valence-corrected chi connectivity index (χ3v) is 3.78. The van der Waals surface area contributed by atoms with Crippen molar-refractivity contribution < 1.29 is 9.59 Å². The lowest BCUT2D eigenvalue weighted by molar-refractivity contribution is -0.114. The van der Waals surface area contributed by atoms with Gasteiger partial charge in [0.05, 0.1) is 5.69 Å². The summed E-state index contributed by atoms with van der Waals surface area (Å²) in [6.45, 7) is 0. The maximum atomic E-state index is 12.4. The van der Waals surface area contributed by atoms with E-state index >= 15 is 0 Å². The lowest BCUT2D eigenvalue weighted by Crippen LogP contribution is -2.28. The normalized spacial score (nSPS) is 16.6. The van der Waals surface area contributed by atoms with Crippen LogP contribution in [0.5, 0.6) is 0 Å². The standard InChI is InChI=1S/C17H10Cl2N2O2/c18-11-3-1-2-10(8-11)4-7-15(22)16-17(23)13-9-12(19)5-6-14(13)20-21-16/h1-9,16H/b7-4+. The van der Waals surface area contributed by atoms with Gasteiger partial charge in [-0.2, -0.15) is 10.2 Å². The number of halogens is 2. The molecule has 1 atom stereocenters. The summed E-state index contributed by atoms with van der Waals surface area (Å²) in [5, 5.41) is 8.72. The zero-order valence-electron chi connectivity index (χ0n) is 11.7. The average Bonchev–Trinajstić information content (AvgIpc) is 2.53. The van der Waals surface area contributed by atoms with Crippen LogP contribution in [0.15, 0.2) is 58.8 Å². The van der Waals surface area contributed by atoms with E-state index in [0.717, 1.165) is 5.56 Å². The number of fused-ring (bicyclic) bond motifs is 1. The highest BCUT2D eigenvalue weighted by Crippen LogP contribution is 2.29. The molecule has 1 unspecified atom stereocenters. The summed E-state index contributed by atoms with van der Waals surface area (Å²) >= 11 is 11.8. The summed E-state index contributed by atoms with van der Waals surface area (Å²) in [7, 11) is 0. The van der Waals surface area contributed by atoms with Crippen LogP contribution in [0.3, 0.4) is 0 Å². The molecule has 0 bridgehead atoms. The fourth-order valence-corrected chi connectivity index (χ4v) is 2.55. The van der Waals surface area contributed by atoms with Crippen LogP contribution >= 0.6 is 23.2 Å². The number of Topliss-reactive ketones (excluding diaryl/α,β-unsaturated/α-hetero) is 1. The highest BCUT2D eigenvalue weighted by Gasteiger charge is 2.31. The summed E-state index contributed by atoms with van der Waals surface area (Å²) < 4.78 is 0. The molecule has 0 saturated heterocycles. The Bertz CT molecular complexity index is 859. The second kappa shape index (κ2) is 6.44. The summed E-state index contributed by atoms with van der Waals surface area (Å²) in [6.07, 6.45) is 2.90. The van der Waals surface area contributed by atoms with Gasteiger partial charge in [0.15, 0.2) is 17.6 Å². The van der Waals surface area contributed by atoms with Crippen molar-refractivity contribution in [1.29, 1.82) is 0 Å². The van der Waals surface area contributed by atoms with E-state index in [4.69, 9.17) is 23.2 Å². The Balaban J connectivity index is 1.83. The van der Waals surface area contributed by atoms with Crippen molar-refractivity contribution in [2.45, 2.75) is 6.04 Å². The van der Waals surface area contributed by atoms with Gasteiger partial charge in [0, 0.05) is 15.6 Å². The monoisotopic (exact) mass is 344 g/mol. The van der Waals surface area contributed by atoms with Gasteiger partial charge >= 0.3 is 0 Å². The van der Waals surface area contributed by atoms with Gasteiger partial charge < -0.3 is 0 Å². The van der Waals surface area contributed by atoms with Crippen LogP contribution in [0.1, 0.15) is 15.9 Å². The van der Waals surface area contributed by atoms with Gasteiger partial charge in [-0.15, -0.1) is 0 Å². The van der Waals surface area contributed by atoms with Crippen LogP contribution in [0.25, 0.3) is 6.08 Å². The average molecular weight is 345 g/mol. The lowest BCUT2D eigenvalue weighted by atomic mass is 9.98. The highest BCUT2D eigenvalue weighted by molar-refractivity contribution is 6.31. The van der Waals surface area contributed by atoms with Gasteiger partial charge in [0.1, 0.15) is 0 Å². The van der Waals surface area contributed by atoms with Crippen molar-refractivity contribution in [2.75, 3.05) is 0 Å². The second-order valence-electron chi connectivity index (χ2n) is 4.93. The molecule has 0 aliphatic carbocycles. The Hall–Kier alpha value is -2.30. The van der Waals surface area contributed by atoms with E-state index in [1.807, 2.05) is 0 Å². The highest BCUT2D eigenvalue weighted by atomic mass is 35.5. The molecule has 0 aromatic heterocycles. The predicted octanol–water partition coefficient (Wildman–Crippen LogP) is 4.92. The topological polar surface area (TPSA) is 58.9 Å². The van der Waals surface area contributed by atoms with E-state index in [9.17, 15) is 9.59 Å². The Morgan fingerprint density at radius 1 is 1.09 bits per heavy atom. The summed E-state index contributed by atoms with van der Waals surface area (Å²) in [6, 6.07) is 10.6. The van der Waals surface area contributed by atoms with E-state index in [-0.39, 0.29) is 0 Å². The molecular formula is C17H10Cl2N2O2. The van der Waals surface area contributed by atoms with Crippen LogP contribution in [-0.2, 0) is 4.79 Å². The lowest BCUT2D eigenvalue weighted by Gasteiger charge is -2.14. The molecule has 4 nitrogen and oxygen atoms in total. The molecule has 0 fully saturated rings. The molecule has 1 heterocycles. The quantitative estimate of drug-likeness (QED) is 0.585. The molecular weight excluding hydrogens is 335 g/mol. The molecule has 23 heavy (non-hydrogen) atoms. The van der Waals surface area contributed by atoms with E-state index in [1.54, 1.807) is 42.5 Å². The van der Waals surface area contributed by atoms with Crippen LogP contribution in [0.4, 0.5) is 5.69 Å². The zero-order chi connectivity index (χ0) is 16.4. The molecule has 114 valence electrons. The number of carbonyl (C=O) groups is 2. The minimum absolute atomic E-state index is 0.307. The molecule has 0 saturated carbocycles. The summed E-state index contributed by atoms with van der Waals surface area (Å²) in [5.74, 6) is -0.845. The molecule has 6 heteroatoms. The third-order valence-electron chi connectivity index (χ3n) is 3.31. The van der Waals surface area contributed by atoms with Gasteiger partial charge in [-0.05, 0) is 42.0 Å². The fraction of sp³-hybridized carbons (Fsp3) is 0.0588. The molecule has 0 spiro atoms. The van der Waals surface area contributed by atoms with Crippen molar-refractivity contribution in [3.63, 3.8) is 0 Å². The van der Waals surface area contributed by atoms with E-state index < -0.39 is 17.6 Å². The Morgan fingerprint density at radius 2 is 1.87 bits per heavy atom. The Morgan fingerprint density at radius 3 is 2.65 bits per heavy atom. The second-order valence-corrected chi connectivity index (χ2v) is 5.81. The summed E-state index contributed by atoms with van der Waals surface area (Å²) in [5.41, 5.74) is 1.48. The number of benzene rings is 2. The number of azo groups is 1. The number of hydrogen-bond donors (Lipinski definition) is 0.